The first-order valence-corrected chi connectivity index (χ1v) is 9.66. The first-order valence-electron chi connectivity index (χ1n) is 9.29. The predicted molar refractivity (Wildman–Crippen MR) is 112 cm³/mol. The molecule has 1 N–H and O–H groups in total. The summed E-state index contributed by atoms with van der Waals surface area (Å²) in [6, 6.07) is 7.57. The van der Waals surface area contributed by atoms with Crippen LogP contribution in [0.1, 0.15) is 48.7 Å². The minimum Gasteiger partial charge on any atom is -0.338 e. The number of nitrogens with one attached hydrogen (secondary N) is 1. The molecule has 3 rings (SSSR count). The van der Waals surface area contributed by atoms with Gasteiger partial charge >= 0.3 is 0 Å². The second-order valence-electron chi connectivity index (χ2n) is 7.31. The highest BCUT2D eigenvalue weighted by Crippen LogP contribution is 2.27. The molecule has 0 saturated carbocycles. The minimum atomic E-state index is 0. The van der Waals surface area contributed by atoms with Crippen LogP contribution < -0.4 is 5.32 Å². The second-order valence-corrected chi connectivity index (χ2v) is 7.74. The SMILES string of the molecule is CNCC1CCCN(C(=O)c2cnn(-c3cccc(Cl)c3)c2C(C)C)C1.Cl. The molecule has 0 spiro atoms. The number of hydrogen-bond donors (Lipinski definition) is 1. The van der Waals surface area contributed by atoms with Gasteiger partial charge in [0.1, 0.15) is 0 Å². The molecule has 1 aromatic carbocycles. The van der Waals surface area contributed by atoms with E-state index in [9.17, 15) is 4.79 Å². The zero-order valence-electron chi connectivity index (χ0n) is 16.1. The molecule has 1 atom stereocenters. The van der Waals surface area contributed by atoms with Crippen molar-refractivity contribution in [1.82, 2.24) is 20.0 Å². The van der Waals surface area contributed by atoms with Crippen molar-refractivity contribution in [2.45, 2.75) is 32.6 Å². The van der Waals surface area contributed by atoms with Gasteiger partial charge in [-0.3, -0.25) is 4.79 Å². The van der Waals surface area contributed by atoms with Crippen molar-refractivity contribution < 1.29 is 4.79 Å². The van der Waals surface area contributed by atoms with Crippen LogP contribution in [0.2, 0.25) is 5.02 Å². The van der Waals surface area contributed by atoms with Gasteiger partial charge in [0.25, 0.3) is 5.91 Å². The lowest BCUT2D eigenvalue weighted by Crippen LogP contribution is -2.42. The highest BCUT2D eigenvalue weighted by Gasteiger charge is 2.28. The fourth-order valence-corrected chi connectivity index (χ4v) is 3.95. The van der Waals surface area contributed by atoms with E-state index in [0.717, 1.165) is 37.4 Å². The van der Waals surface area contributed by atoms with Crippen molar-refractivity contribution in [3.05, 3.63) is 46.7 Å². The number of rotatable bonds is 5. The number of likely N-dealkylation sites (tertiary alicyclic amines) is 1. The molecular formula is C20H28Cl2N4O. The summed E-state index contributed by atoms with van der Waals surface area (Å²) in [6.07, 6.45) is 3.93. The summed E-state index contributed by atoms with van der Waals surface area (Å²) >= 11 is 6.14. The maximum atomic E-state index is 13.2. The Labute approximate surface area is 172 Å². The molecule has 2 aromatic rings. The standard InChI is InChI=1S/C20H27ClN4O.ClH/c1-14(2)19-18(12-23-25(19)17-8-4-7-16(21)10-17)20(26)24-9-5-6-15(13-24)11-22-3;/h4,7-8,10,12,14-15,22H,5-6,9,11,13H2,1-3H3;1H. The number of nitrogens with zero attached hydrogens (tertiary/aromatic N) is 3. The zero-order valence-corrected chi connectivity index (χ0v) is 17.7. The van der Waals surface area contributed by atoms with Gasteiger partial charge in [0, 0.05) is 18.1 Å². The third-order valence-corrected chi connectivity index (χ3v) is 5.17. The maximum absolute atomic E-state index is 13.2. The monoisotopic (exact) mass is 410 g/mol. The smallest absolute Gasteiger partial charge is 0.257 e. The molecule has 27 heavy (non-hydrogen) atoms. The van der Waals surface area contributed by atoms with Crippen molar-refractivity contribution in [3.63, 3.8) is 0 Å². The molecular weight excluding hydrogens is 383 g/mol. The molecule has 1 fully saturated rings. The van der Waals surface area contributed by atoms with E-state index in [2.05, 4.69) is 24.3 Å². The van der Waals surface area contributed by atoms with E-state index < -0.39 is 0 Å². The average molecular weight is 411 g/mol. The lowest BCUT2D eigenvalue weighted by Gasteiger charge is -2.33. The van der Waals surface area contributed by atoms with Crippen molar-refractivity contribution in [2.75, 3.05) is 26.7 Å². The van der Waals surface area contributed by atoms with E-state index in [1.807, 2.05) is 40.9 Å². The number of halogens is 2. The Kier molecular flexibility index (Phi) is 7.71. The van der Waals surface area contributed by atoms with Crippen LogP contribution >= 0.6 is 24.0 Å². The highest BCUT2D eigenvalue weighted by atomic mass is 35.5. The van der Waals surface area contributed by atoms with Gasteiger partial charge in [0.05, 0.1) is 23.1 Å². The number of carbonyl (C=O) groups is 1. The first-order chi connectivity index (χ1) is 12.5. The Morgan fingerprint density at radius 3 is 2.85 bits per heavy atom. The van der Waals surface area contributed by atoms with Crippen LogP contribution in [-0.4, -0.2) is 47.3 Å². The number of aromatic nitrogens is 2. The summed E-state index contributed by atoms with van der Waals surface area (Å²) in [6.45, 7) is 6.75. The van der Waals surface area contributed by atoms with Gasteiger partial charge in [0.15, 0.2) is 0 Å². The molecule has 148 valence electrons. The molecule has 7 heteroatoms. The topological polar surface area (TPSA) is 50.2 Å². The average Bonchev–Trinajstić information content (AvgIpc) is 3.07. The predicted octanol–water partition coefficient (Wildman–Crippen LogP) is 4.14. The van der Waals surface area contributed by atoms with E-state index >= 15 is 0 Å². The molecule has 1 aliphatic heterocycles. The van der Waals surface area contributed by atoms with E-state index in [1.165, 1.54) is 6.42 Å². The molecule has 0 aliphatic carbocycles. The van der Waals surface area contributed by atoms with Gasteiger partial charge in [0.2, 0.25) is 0 Å². The Hall–Kier alpha value is -1.56. The third kappa shape index (κ3) is 4.84. The van der Waals surface area contributed by atoms with Crippen LogP contribution in [0.15, 0.2) is 30.5 Å². The fourth-order valence-electron chi connectivity index (χ4n) is 3.77. The molecule has 1 unspecified atom stereocenters. The summed E-state index contributed by atoms with van der Waals surface area (Å²) in [4.78, 5) is 15.2. The Balaban J connectivity index is 0.00000261. The summed E-state index contributed by atoms with van der Waals surface area (Å²) in [5, 5.41) is 8.41. The van der Waals surface area contributed by atoms with Crippen LogP contribution in [0.5, 0.6) is 0 Å². The third-order valence-electron chi connectivity index (χ3n) is 4.94. The molecule has 1 saturated heterocycles. The Morgan fingerprint density at radius 1 is 1.41 bits per heavy atom. The minimum absolute atomic E-state index is 0. The molecule has 0 radical (unpaired) electrons. The van der Waals surface area contributed by atoms with Gasteiger partial charge in [-0.15, -0.1) is 12.4 Å². The van der Waals surface area contributed by atoms with Crippen LogP contribution in [0.4, 0.5) is 0 Å². The van der Waals surface area contributed by atoms with Crippen LogP contribution in [0.25, 0.3) is 5.69 Å². The lowest BCUT2D eigenvalue weighted by atomic mass is 9.96. The Bertz CT molecular complexity index is 773. The first kappa shape index (κ1) is 21.7. The molecule has 2 heterocycles. The number of amides is 1. The van der Waals surface area contributed by atoms with Gasteiger partial charge in [-0.2, -0.15) is 5.10 Å². The van der Waals surface area contributed by atoms with Crippen molar-refractivity contribution in [3.8, 4) is 5.69 Å². The largest absolute Gasteiger partial charge is 0.338 e. The molecule has 5 nitrogen and oxygen atoms in total. The van der Waals surface area contributed by atoms with E-state index in [0.29, 0.717) is 16.5 Å². The van der Waals surface area contributed by atoms with Gasteiger partial charge < -0.3 is 10.2 Å². The summed E-state index contributed by atoms with van der Waals surface area (Å²) < 4.78 is 1.85. The van der Waals surface area contributed by atoms with E-state index in [1.54, 1.807) is 6.20 Å². The van der Waals surface area contributed by atoms with Crippen molar-refractivity contribution >= 4 is 29.9 Å². The lowest BCUT2D eigenvalue weighted by molar-refractivity contribution is 0.0672. The van der Waals surface area contributed by atoms with E-state index in [-0.39, 0.29) is 24.2 Å². The number of benzene rings is 1. The number of hydrogen-bond acceptors (Lipinski definition) is 3. The quantitative estimate of drug-likeness (QED) is 0.805. The summed E-state index contributed by atoms with van der Waals surface area (Å²) in [5.41, 5.74) is 2.52. The molecule has 1 aromatic heterocycles. The fraction of sp³-hybridized carbons (Fsp3) is 0.500. The summed E-state index contributed by atoms with van der Waals surface area (Å²) in [7, 11) is 1.96. The summed E-state index contributed by atoms with van der Waals surface area (Å²) in [5.74, 6) is 0.777. The van der Waals surface area contributed by atoms with E-state index in [4.69, 9.17) is 11.6 Å². The van der Waals surface area contributed by atoms with Gasteiger partial charge in [-0.1, -0.05) is 31.5 Å². The number of piperidine rings is 1. The van der Waals surface area contributed by atoms with Gasteiger partial charge in [-0.25, -0.2) is 4.68 Å². The highest BCUT2D eigenvalue weighted by molar-refractivity contribution is 6.30. The maximum Gasteiger partial charge on any atom is 0.257 e. The van der Waals surface area contributed by atoms with Crippen molar-refractivity contribution in [2.24, 2.45) is 5.92 Å². The zero-order chi connectivity index (χ0) is 18.7. The van der Waals surface area contributed by atoms with Gasteiger partial charge in [-0.05, 0) is 56.5 Å². The number of carbonyl (C=O) groups excluding carboxylic acids is 1. The van der Waals surface area contributed by atoms with Crippen LogP contribution in [0, 0.1) is 5.92 Å². The molecule has 1 amide bonds. The normalized spacial score (nSPS) is 17.1. The molecule has 1 aliphatic rings. The molecule has 0 bridgehead atoms. The second kappa shape index (κ2) is 9.58. The van der Waals surface area contributed by atoms with Crippen LogP contribution in [0.3, 0.4) is 0 Å². The van der Waals surface area contributed by atoms with Crippen LogP contribution in [-0.2, 0) is 0 Å². The van der Waals surface area contributed by atoms with Crippen molar-refractivity contribution in [1.29, 1.82) is 0 Å². The Morgan fingerprint density at radius 2 is 2.19 bits per heavy atom.